The second kappa shape index (κ2) is 7.73. The molecule has 0 aliphatic carbocycles. The van der Waals surface area contributed by atoms with Gasteiger partial charge in [-0.05, 0) is 80.5 Å². The van der Waals surface area contributed by atoms with E-state index in [1.807, 2.05) is 64.6 Å². The third-order valence-corrected chi connectivity index (χ3v) is 6.04. The fraction of sp³-hybridized carbons (Fsp3) is 0.375. The smallest absolute Gasteiger partial charge is 0.255 e. The highest BCUT2D eigenvalue weighted by Gasteiger charge is 2.26. The van der Waals surface area contributed by atoms with Gasteiger partial charge in [-0.2, -0.15) is 0 Å². The van der Waals surface area contributed by atoms with E-state index in [1.54, 1.807) is 0 Å². The van der Waals surface area contributed by atoms with Gasteiger partial charge < -0.3 is 10.0 Å². The quantitative estimate of drug-likeness (QED) is 0.547. The van der Waals surface area contributed by atoms with Crippen LogP contribution in [0.1, 0.15) is 54.7 Å². The average Bonchev–Trinajstić information content (AvgIpc) is 2.63. The first kappa shape index (κ1) is 20.6. The molecule has 0 radical (unpaired) electrons. The molecule has 3 aromatic rings. The zero-order valence-electron chi connectivity index (χ0n) is 17.4. The van der Waals surface area contributed by atoms with E-state index in [0.29, 0.717) is 11.1 Å². The van der Waals surface area contributed by atoms with Crippen molar-refractivity contribution in [2.75, 3.05) is 0 Å². The predicted octanol–water partition coefficient (Wildman–Crippen LogP) is 6.01. The SMILES string of the molecule is Cc1cc2ccc3ccc(CO)c(C(=O)N(C(C)C)C(C)C)c3c2c(C)c1Cl. The molecule has 0 heterocycles. The van der Waals surface area contributed by atoms with Crippen LogP contribution in [0.15, 0.2) is 30.3 Å². The molecule has 148 valence electrons. The number of carbonyl (C=O) groups is 1. The van der Waals surface area contributed by atoms with Gasteiger partial charge in [-0.1, -0.05) is 35.9 Å². The number of hydrogen-bond donors (Lipinski definition) is 1. The molecule has 4 heteroatoms. The summed E-state index contributed by atoms with van der Waals surface area (Å²) in [5.74, 6) is -0.0525. The fourth-order valence-electron chi connectivity index (χ4n) is 4.27. The van der Waals surface area contributed by atoms with E-state index in [0.717, 1.165) is 37.7 Å². The number of fused-ring (bicyclic) bond motifs is 3. The van der Waals surface area contributed by atoms with Crippen LogP contribution in [-0.4, -0.2) is 28.0 Å². The highest BCUT2D eigenvalue weighted by molar-refractivity contribution is 6.34. The van der Waals surface area contributed by atoms with Gasteiger partial charge in [0, 0.05) is 22.5 Å². The van der Waals surface area contributed by atoms with Crippen LogP contribution in [0.25, 0.3) is 21.5 Å². The Morgan fingerprint density at radius 3 is 2.14 bits per heavy atom. The van der Waals surface area contributed by atoms with Crippen molar-refractivity contribution in [2.24, 2.45) is 0 Å². The van der Waals surface area contributed by atoms with Crippen molar-refractivity contribution in [3.63, 3.8) is 0 Å². The Hall–Kier alpha value is -2.10. The van der Waals surface area contributed by atoms with E-state index in [4.69, 9.17) is 11.6 Å². The molecule has 3 aromatic carbocycles. The normalized spacial score (nSPS) is 11.8. The summed E-state index contributed by atoms with van der Waals surface area (Å²) in [5.41, 5.74) is 3.21. The second-order valence-corrected chi connectivity index (χ2v) is 8.43. The highest BCUT2D eigenvalue weighted by atomic mass is 35.5. The number of benzene rings is 3. The van der Waals surface area contributed by atoms with E-state index in [9.17, 15) is 9.90 Å². The Kier molecular flexibility index (Phi) is 5.69. The Bertz CT molecular complexity index is 1060. The van der Waals surface area contributed by atoms with Crippen molar-refractivity contribution >= 4 is 39.1 Å². The number of aryl methyl sites for hydroxylation is 2. The number of rotatable bonds is 4. The summed E-state index contributed by atoms with van der Waals surface area (Å²) in [6, 6.07) is 10.1. The summed E-state index contributed by atoms with van der Waals surface area (Å²) in [6.07, 6.45) is 0. The molecule has 0 spiro atoms. The number of halogens is 1. The zero-order valence-corrected chi connectivity index (χ0v) is 18.2. The first-order chi connectivity index (χ1) is 13.2. The lowest BCUT2D eigenvalue weighted by Gasteiger charge is -2.32. The third kappa shape index (κ3) is 3.27. The van der Waals surface area contributed by atoms with E-state index in [1.165, 1.54) is 0 Å². The molecular weight excluding hydrogens is 370 g/mol. The second-order valence-electron chi connectivity index (χ2n) is 8.05. The summed E-state index contributed by atoms with van der Waals surface area (Å²) >= 11 is 6.58. The summed E-state index contributed by atoms with van der Waals surface area (Å²) in [6.45, 7) is 11.9. The van der Waals surface area contributed by atoms with Crippen molar-refractivity contribution in [3.05, 3.63) is 57.6 Å². The lowest BCUT2D eigenvalue weighted by atomic mass is 9.90. The topological polar surface area (TPSA) is 40.5 Å². The van der Waals surface area contributed by atoms with Gasteiger partial charge in [-0.25, -0.2) is 0 Å². The van der Waals surface area contributed by atoms with Gasteiger partial charge in [0.25, 0.3) is 5.91 Å². The number of carbonyl (C=O) groups excluding carboxylic acids is 1. The molecule has 0 fully saturated rings. The Balaban J connectivity index is 2.50. The molecule has 0 unspecified atom stereocenters. The summed E-state index contributed by atoms with van der Waals surface area (Å²) in [4.78, 5) is 15.6. The van der Waals surface area contributed by atoms with Gasteiger partial charge in [0.1, 0.15) is 0 Å². The summed E-state index contributed by atoms with van der Waals surface area (Å²) < 4.78 is 0. The van der Waals surface area contributed by atoms with Gasteiger partial charge in [-0.15, -0.1) is 0 Å². The average molecular weight is 398 g/mol. The first-order valence-corrected chi connectivity index (χ1v) is 10.1. The zero-order chi connectivity index (χ0) is 20.7. The molecule has 0 aliphatic heterocycles. The highest BCUT2D eigenvalue weighted by Crippen LogP contribution is 2.37. The number of nitrogens with zero attached hydrogens (tertiary/aromatic N) is 1. The van der Waals surface area contributed by atoms with Crippen LogP contribution >= 0.6 is 11.6 Å². The maximum absolute atomic E-state index is 13.7. The van der Waals surface area contributed by atoms with Crippen molar-refractivity contribution in [3.8, 4) is 0 Å². The van der Waals surface area contributed by atoms with Crippen LogP contribution < -0.4 is 0 Å². The van der Waals surface area contributed by atoms with E-state index in [2.05, 4.69) is 12.1 Å². The van der Waals surface area contributed by atoms with Crippen LogP contribution in [0.3, 0.4) is 0 Å². The Morgan fingerprint density at radius 2 is 1.57 bits per heavy atom. The van der Waals surface area contributed by atoms with E-state index < -0.39 is 0 Å². The van der Waals surface area contributed by atoms with Crippen LogP contribution in [0.2, 0.25) is 5.02 Å². The molecule has 0 atom stereocenters. The molecule has 0 aromatic heterocycles. The lowest BCUT2D eigenvalue weighted by molar-refractivity contribution is 0.0642. The van der Waals surface area contributed by atoms with Gasteiger partial charge >= 0.3 is 0 Å². The van der Waals surface area contributed by atoms with Crippen LogP contribution in [-0.2, 0) is 6.61 Å². The van der Waals surface area contributed by atoms with E-state index in [-0.39, 0.29) is 24.6 Å². The van der Waals surface area contributed by atoms with Crippen LogP contribution in [0.4, 0.5) is 0 Å². The molecule has 0 bridgehead atoms. The molecule has 3 nitrogen and oxygen atoms in total. The minimum atomic E-state index is -0.184. The van der Waals surface area contributed by atoms with Crippen molar-refractivity contribution in [2.45, 2.75) is 60.2 Å². The molecule has 1 amide bonds. The predicted molar refractivity (Wildman–Crippen MR) is 118 cm³/mol. The van der Waals surface area contributed by atoms with Gasteiger partial charge in [0.05, 0.1) is 12.2 Å². The Labute approximate surface area is 171 Å². The van der Waals surface area contributed by atoms with Gasteiger partial charge in [0.2, 0.25) is 0 Å². The van der Waals surface area contributed by atoms with Crippen molar-refractivity contribution in [1.82, 2.24) is 4.90 Å². The minimum Gasteiger partial charge on any atom is -0.392 e. The monoisotopic (exact) mass is 397 g/mol. The third-order valence-electron chi connectivity index (χ3n) is 5.46. The minimum absolute atomic E-state index is 0.0520. The van der Waals surface area contributed by atoms with Crippen LogP contribution in [0, 0.1) is 13.8 Å². The van der Waals surface area contributed by atoms with Gasteiger partial charge in [-0.3, -0.25) is 4.79 Å². The van der Waals surface area contributed by atoms with Gasteiger partial charge in [0.15, 0.2) is 0 Å². The number of aliphatic hydroxyl groups is 1. The van der Waals surface area contributed by atoms with Crippen LogP contribution in [0.5, 0.6) is 0 Å². The molecule has 0 aliphatic rings. The number of hydrogen-bond acceptors (Lipinski definition) is 2. The fourth-order valence-corrected chi connectivity index (χ4v) is 4.42. The number of aliphatic hydroxyl groups excluding tert-OH is 1. The summed E-state index contributed by atoms with van der Waals surface area (Å²) in [7, 11) is 0. The molecule has 28 heavy (non-hydrogen) atoms. The standard InChI is InChI=1S/C24H28ClNO2/c1-13(2)26(14(3)4)24(28)22-19(12-27)10-8-17-7-9-18-11-15(5)23(25)16(6)20(18)21(17)22/h7-11,13-14,27H,12H2,1-6H3. The molecular formula is C24H28ClNO2. The molecule has 0 saturated heterocycles. The molecule has 3 rings (SSSR count). The van der Waals surface area contributed by atoms with Crippen molar-refractivity contribution in [1.29, 1.82) is 0 Å². The summed E-state index contributed by atoms with van der Waals surface area (Å²) in [5, 5.41) is 14.6. The largest absolute Gasteiger partial charge is 0.392 e. The molecule has 0 saturated carbocycles. The Morgan fingerprint density at radius 1 is 1.00 bits per heavy atom. The van der Waals surface area contributed by atoms with Crippen molar-refractivity contribution < 1.29 is 9.90 Å². The van der Waals surface area contributed by atoms with E-state index >= 15 is 0 Å². The maximum Gasteiger partial charge on any atom is 0.255 e. The first-order valence-electron chi connectivity index (χ1n) is 9.76. The maximum atomic E-state index is 13.7. The molecule has 1 N–H and O–H groups in total. The lowest BCUT2D eigenvalue weighted by Crippen LogP contribution is -2.42. The number of amides is 1.